The normalized spacial score (nSPS) is 20.7. The molecule has 5 N–H and O–H groups in total. The van der Waals surface area contributed by atoms with Crippen LogP contribution in [0.1, 0.15) is 30.4 Å². The summed E-state index contributed by atoms with van der Waals surface area (Å²) in [6.07, 6.45) is 3.07. The first-order chi connectivity index (χ1) is 14.3. The Kier molecular flexibility index (Phi) is 5.44. The number of likely N-dealkylation sites (tertiary alicyclic amines) is 1. The van der Waals surface area contributed by atoms with Crippen molar-refractivity contribution in [1.82, 2.24) is 4.90 Å². The summed E-state index contributed by atoms with van der Waals surface area (Å²) in [5.74, 6) is 0.428. The number of hydrogen-bond acceptors (Lipinski definition) is 7. The van der Waals surface area contributed by atoms with Gasteiger partial charge in [0.05, 0.1) is 11.3 Å². The third-order valence-electron chi connectivity index (χ3n) is 5.27. The highest BCUT2D eigenvalue weighted by Crippen LogP contribution is 2.31. The lowest BCUT2D eigenvalue weighted by Crippen LogP contribution is -2.42. The van der Waals surface area contributed by atoms with Crippen molar-refractivity contribution in [3.63, 3.8) is 0 Å². The van der Waals surface area contributed by atoms with Crippen molar-refractivity contribution in [3.8, 4) is 17.2 Å². The number of phenols is 2. The van der Waals surface area contributed by atoms with Crippen molar-refractivity contribution in [2.24, 2.45) is 10.1 Å². The molecular weight excluding hydrogens is 408 g/mol. The van der Waals surface area contributed by atoms with E-state index in [9.17, 15) is 18.6 Å². The van der Waals surface area contributed by atoms with Gasteiger partial charge in [-0.25, -0.2) is 0 Å². The number of nitrogens with one attached hydrogen (secondary N) is 1. The maximum atomic E-state index is 11.7. The number of rotatable bonds is 5. The zero-order chi connectivity index (χ0) is 21.3. The monoisotopic (exact) mass is 432 g/mol. The average Bonchev–Trinajstić information content (AvgIpc) is 2.65. The fourth-order valence-corrected chi connectivity index (χ4v) is 4.81. The van der Waals surface area contributed by atoms with E-state index in [4.69, 9.17) is 10.5 Å². The van der Waals surface area contributed by atoms with Crippen molar-refractivity contribution in [2.45, 2.75) is 31.8 Å². The van der Waals surface area contributed by atoms with Crippen LogP contribution < -0.4 is 15.2 Å². The number of amidine groups is 1. The van der Waals surface area contributed by atoms with Gasteiger partial charge in [-0.1, -0.05) is 12.5 Å². The second kappa shape index (κ2) is 8.04. The third kappa shape index (κ3) is 4.44. The number of ether oxygens (including phenoxy) is 1. The van der Waals surface area contributed by atoms with Gasteiger partial charge in [0.1, 0.15) is 23.9 Å². The third-order valence-corrected chi connectivity index (χ3v) is 6.18. The van der Waals surface area contributed by atoms with Crippen LogP contribution in [0.15, 0.2) is 40.8 Å². The molecule has 0 saturated carbocycles. The van der Waals surface area contributed by atoms with Gasteiger partial charge in [-0.3, -0.25) is 9.62 Å². The molecule has 160 valence electrons. The minimum atomic E-state index is -3.84. The van der Waals surface area contributed by atoms with E-state index in [-0.39, 0.29) is 23.4 Å². The van der Waals surface area contributed by atoms with E-state index in [1.165, 1.54) is 6.07 Å². The summed E-state index contributed by atoms with van der Waals surface area (Å²) in [5.41, 5.74) is 7.48. The topological polar surface area (TPSA) is 137 Å². The van der Waals surface area contributed by atoms with Crippen LogP contribution in [0.25, 0.3) is 0 Å². The molecule has 0 radical (unpaired) electrons. The van der Waals surface area contributed by atoms with Crippen LogP contribution in [0, 0.1) is 0 Å². The van der Waals surface area contributed by atoms with Gasteiger partial charge in [0.2, 0.25) is 0 Å². The zero-order valence-electron chi connectivity index (χ0n) is 16.3. The molecule has 0 aromatic heterocycles. The molecule has 1 atom stereocenters. The van der Waals surface area contributed by atoms with Crippen molar-refractivity contribution < 1.29 is 23.4 Å². The van der Waals surface area contributed by atoms with Crippen LogP contribution in [-0.2, 0) is 16.8 Å². The first kappa shape index (κ1) is 20.3. The Morgan fingerprint density at radius 2 is 1.97 bits per heavy atom. The fraction of sp³-hybridized carbons (Fsp3) is 0.350. The molecule has 2 aliphatic heterocycles. The van der Waals surface area contributed by atoms with Crippen molar-refractivity contribution in [3.05, 3.63) is 47.5 Å². The minimum absolute atomic E-state index is 0.0305. The van der Waals surface area contributed by atoms with Gasteiger partial charge < -0.3 is 20.7 Å². The zero-order valence-corrected chi connectivity index (χ0v) is 17.1. The van der Waals surface area contributed by atoms with Crippen LogP contribution in [0.3, 0.4) is 0 Å². The Hall–Kier alpha value is -2.98. The number of piperidine rings is 1. The van der Waals surface area contributed by atoms with Gasteiger partial charge in [0, 0.05) is 18.7 Å². The smallest absolute Gasteiger partial charge is 0.344 e. The Labute approximate surface area is 175 Å². The summed E-state index contributed by atoms with van der Waals surface area (Å²) in [4.78, 5) is 2.26. The Morgan fingerprint density at radius 3 is 2.73 bits per heavy atom. The number of fused-ring (bicyclic) bond motifs is 1. The van der Waals surface area contributed by atoms with Gasteiger partial charge in [-0.15, -0.1) is 4.40 Å². The Morgan fingerprint density at radius 1 is 1.20 bits per heavy atom. The summed E-state index contributed by atoms with van der Waals surface area (Å²) >= 11 is 0. The van der Waals surface area contributed by atoms with Gasteiger partial charge in [0.15, 0.2) is 5.84 Å². The first-order valence-corrected chi connectivity index (χ1v) is 11.1. The van der Waals surface area contributed by atoms with E-state index in [2.05, 4.69) is 14.0 Å². The number of nitrogens with zero attached hydrogens (tertiary/aromatic N) is 2. The molecule has 9 nitrogen and oxygen atoms in total. The van der Waals surface area contributed by atoms with Crippen molar-refractivity contribution in [1.29, 1.82) is 0 Å². The lowest BCUT2D eigenvalue weighted by Gasteiger charge is -2.35. The molecular formula is C20H24N4O5S. The van der Waals surface area contributed by atoms with Crippen LogP contribution in [-0.4, -0.2) is 48.6 Å². The van der Waals surface area contributed by atoms with Gasteiger partial charge in [0.25, 0.3) is 0 Å². The molecule has 0 bridgehead atoms. The molecule has 30 heavy (non-hydrogen) atoms. The molecule has 0 unspecified atom stereocenters. The molecule has 0 aliphatic carbocycles. The largest absolute Gasteiger partial charge is 0.508 e. The molecule has 0 spiro atoms. The van der Waals surface area contributed by atoms with Crippen LogP contribution >= 0.6 is 0 Å². The second-order valence-corrected chi connectivity index (χ2v) is 8.86. The van der Waals surface area contributed by atoms with E-state index in [0.29, 0.717) is 30.2 Å². The molecule has 2 aliphatic rings. The van der Waals surface area contributed by atoms with Gasteiger partial charge in [-0.05, 0) is 49.2 Å². The number of nitrogens with two attached hydrogens (primary N) is 1. The highest BCUT2D eigenvalue weighted by molar-refractivity contribution is 7.91. The van der Waals surface area contributed by atoms with Crippen LogP contribution in [0.5, 0.6) is 17.2 Å². The number of benzene rings is 2. The predicted octanol–water partition coefficient (Wildman–Crippen LogP) is 1.91. The minimum Gasteiger partial charge on any atom is -0.508 e. The van der Waals surface area contributed by atoms with E-state index in [1.807, 2.05) is 0 Å². The Balaban J connectivity index is 1.50. The van der Waals surface area contributed by atoms with Crippen LogP contribution in [0.2, 0.25) is 0 Å². The second-order valence-electron chi connectivity index (χ2n) is 7.52. The number of anilines is 1. The average molecular weight is 433 g/mol. The molecule has 10 heteroatoms. The van der Waals surface area contributed by atoms with Crippen molar-refractivity contribution in [2.75, 3.05) is 17.9 Å². The highest BCUT2D eigenvalue weighted by atomic mass is 32.2. The standard InChI is InChI=1S/C20H24N4O5S/c21-20-19-17(22-30(27,28)23-20)5-3-6-18(19)29-12-14-4-1-2-7-24(14)11-13-8-15(25)10-16(26)9-13/h3,5-6,8-10,14,22,25-26H,1-2,4,7,11-12H2,(H2,21,23)/t14-/m1/s1. The molecule has 4 rings (SSSR count). The fourth-order valence-electron chi connectivity index (χ4n) is 3.96. The Bertz CT molecular complexity index is 1070. The summed E-state index contributed by atoms with van der Waals surface area (Å²) in [7, 11) is -3.84. The van der Waals surface area contributed by atoms with E-state index < -0.39 is 10.2 Å². The summed E-state index contributed by atoms with van der Waals surface area (Å²) in [6.45, 7) is 1.84. The summed E-state index contributed by atoms with van der Waals surface area (Å²) in [6, 6.07) is 9.76. The first-order valence-electron chi connectivity index (χ1n) is 9.71. The number of aromatic hydroxyl groups is 2. The van der Waals surface area contributed by atoms with E-state index in [0.717, 1.165) is 31.4 Å². The number of phenolic OH excluding ortho intramolecular Hbond substituents is 2. The lowest BCUT2D eigenvalue weighted by molar-refractivity contribution is 0.0931. The quantitative estimate of drug-likeness (QED) is 0.566. The molecule has 0 amide bonds. The molecule has 2 aromatic rings. The maximum Gasteiger partial charge on any atom is 0.344 e. The predicted molar refractivity (Wildman–Crippen MR) is 113 cm³/mol. The summed E-state index contributed by atoms with van der Waals surface area (Å²) in [5, 5.41) is 19.5. The summed E-state index contributed by atoms with van der Waals surface area (Å²) < 4.78 is 35.4. The van der Waals surface area contributed by atoms with E-state index >= 15 is 0 Å². The molecule has 2 heterocycles. The highest BCUT2D eigenvalue weighted by Gasteiger charge is 2.27. The molecule has 2 aromatic carbocycles. The lowest BCUT2D eigenvalue weighted by atomic mass is 10.0. The van der Waals surface area contributed by atoms with Gasteiger partial charge in [-0.2, -0.15) is 8.42 Å². The number of hydrogen-bond donors (Lipinski definition) is 4. The molecule has 1 fully saturated rings. The van der Waals surface area contributed by atoms with Gasteiger partial charge >= 0.3 is 10.2 Å². The molecule has 1 saturated heterocycles. The maximum absolute atomic E-state index is 11.7. The van der Waals surface area contributed by atoms with Crippen LogP contribution in [0.4, 0.5) is 5.69 Å². The van der Waals surface area contributed by atoms with Crippen molar-refractivity contribution >= 4 is 21.7 Å². The SMILES string of the molecule is NC1=NS(=O)(=O)Nc2cccc(OC[C@H]3CCCCN3Cc3cc(O)cc(O)c3)c21. The van der Waals surface area contributed by atoms with E-state index in [1.54, 1.807) is 30.3 Å².